The smallest absolute Gasteiger partial charge is 0.219 e. The zero-order chi connectivity index (χ0) is 13.8. The number of ether oxygens (including phenoxy) is 1. The van der Waals surface area contributed by atoms with Gasteiger partial charge in [0, 0.05) is 31.8 Å². The second kappa shape index (κ2) is 5.95. The minimum atomic E-state index is 0.183. The van der Waals surface area contributed by atoms with Crippen LogP contribution in [-0.4, -0.2) is 31.0 Å². The van der Waals surface area contributed by atoms with Crippen molar-refractivity contribution in [3.8, 4) is 5.75 Å². The molecule has 1 aromatic rings. The number of likely N-dealkylation sites (tertiary alicyclic amines) is 1. The van der Waals surface area contributed by atoms with Gasteiger partial charge in [0.05, 0.1) is 7.11 Å². The number of benzene rings is 1. The summed E-state index contributed by atoms with van der Waals surface area (Å²) >= 11 is 0. The summed E-state index contributed by atoms with van der Waals surface area (Å²) in [6.07, 6.45) is 3.11. The van der Waals surface area contributed by atoms with E-state index in [1.807, 2.05) is 23.1 Å². The molecule has 1 fully saturated rings. The molecule has 1 aromatic carbocycles. The summed E-state index contributed by atoms with van der Waals surface area (Å²) < 4.78 is 5.16. The van der Waals surface area contributed by atoms with Crippen LogP contribution in [0.4, 0.5) is 5.69 Å². The van der Waals surface area contributed by atoms with Crippen molar-refractivity contribution in [1.82, 2.24) is 4.90 Å². The maximum atomic E-state index is 11.3. The third kappa shape index (κ3) is 3.40. The van der Waals surface area contributed by atoms with E-state index in [1.165, 1.54) is 5.56 Å². The summed E-state index contributed by atoms with van der Waals surface area (Å²) in [5.74, 6) is 1.60. The van der Waals surface area contributed by atoms with Crippen molar-refractivity contribution in [1.29, 1.82) is 0 Å². The summed E-state index contributed by atoms with van der Waals surface area (Å²) in [5.41, 5.74) is 8.03. The van der Waals surface area contributed by atoms with E-state index in [4.69, 9.17) is 10.5 Å². The molecular formula is C15H22N2O2. The van der Waals surface area contributed by atoms with Crippen LogP contribution in [0.1, 0.15) is 25.3 Å². The van der Waals surface area contributed by atoms with E-state index in [9.17, 15) is 4.79 Å². The summed E-state index contributed by atoms with van der Waals surface area (Å²) in [5, 5.41) is 0. The molecule has 0 spiro atoms. The fraction of sp³-hybridized carbons (Fsp3) is 0.533. The lowest BCUT2D eigenvalue weighted by Crippen LogP contribution is -2.37. The van der Waals surface area contributed by atoms with Crippen molar-refractivity contribution in [3.05, 3.63) is 23.8 Å². The number of hydrogen-bond donors (Lipinski definition) is 1. The van der Waals surface area contributed by atoms with Gasteiger partial charge in [0.1, 0.15) is 5.75 Å². The van der Waals surface area contributed by atoms with E-state index >= 15 is 0 Å². The number of hydrogen-bond acceptors (Lipinski definition) is 3. The summed E-state index contributed by atoms with van der Waals surface area (Å²) in [4.78, 5) is 13.2. The second-order valence-corrected chi connectivity index (χ2v) is 5.22. The Morgan fingerprint density at radius 2 is 2.11 bits per heavy atom. The van der Waals surface area contributed by atoms with Crippen LogP contribution in [-0.2, 0) is 11.2 Å². The first-order valence-electron chi connectivity index (χ1n) is 6.78. The van der Waals surface area contributed by atoms with Gasteiger partial charge in [-0.2, -0.15) is 0 Å². The van der Waals surface area contributed by atoms with Crippen LogP contribution in [0.25, 0.3) is 0 Å². The molecule has 1 saturated heterocycles. The number of nitrogens with zero attached hydrogens (tertiary/aromatic N) is 1. The molecule has 0 atom stereocenters. The zero-order valence-corrected chi connectivity index (χ0v) is 11.7. The molecule has 2 rings (SSSR count). The van der Waals surface area contributed by atoms with Gasteiger partial charge < -0.3 is 15.4 Å². The van der Waals surface area contributed by atoms with Crippen LogP contribution in [0, 0.1) is 5.92 Å². The van der Waals surface area contributed by atoms with Gasteiger partial charge in [-0.05, 0) is 36.8 Å². The largest absolute Gasteiger partial charge is 0.497 e. The van der Waals surface area contributed by atoms with Crippen LogP contribution >= 0.6 is 0 Å². The number of carbonyl (C=O) groups excluding carboxylic acids is 1. The monoisotopic (exact) mass is 262 g/mol. The number of methoxy groups -OCH3 is 1. The van der Waals surface area contributed by atoms with Gasteiger partial charge >= 0.3 is 0 Å². The Labute approximate surface area is 114 Å². The van der Waals surface area contributed by atoms with E-state index in [0.717, 1.165) is 43.8 Å². The van der Waals surface area contributed by atoms with Gasteiger partial charge in [0.2, 0.25) is 5.91 Å². The van der Waals surface area contributed by atoms with Gasteiger partial charge in [-0.25, -0.2) is 0 Å². The minimum absolute atomic E-state index is 0.183. The average Bonchev–Trinajstić information content (AvgIpc) is 2.41. The summed E-state index contributed by atoms with van der Waals surface area (Å²) in [6.45, 7) is 3.38. The first kappa shape index (κ1) is 13.7. The lowest BCUT2D eigenvalue weighted by molar-refractivity contribution is -0.130. The normalized spacial score (nSPS) is 16.4. The number of nitrogen functional groups attached to an aromatic ring is 1. The Hall–Kier alpha value is -1.71. The third-order valence-electron chi connectivity index (χ3n) is 3.92. The number of piperidine rings is 1. The molecule has 104 valence electrons. The number of amides is 1. The molecule has 1 amide bonds. The van der Waals surface area contributed by atoms with Gasteiger partial charge in [-0.1, -0.05) is 6.07 Å². The van der Waals surface area contributed by atoms with Gasteiger partial charge in [0.15, 0.2) is 0 Å². The molecule has 19 heavy (non-hydrogen) atoms. The molecule has 0 saturated carbocycles. The molecule has 4 nitrogen and oxygen atoms in total. The summed E-state index contributed by atoms with van der Waals surface area (Å²) in [6, 6.07) is 5.88. The molecule has 0 bridgehead atoms. The van der Waals surface area contributed by atoms with E-state index in [2.05, 4.69) is 0 Å². The number of anilines is 1. The second-order valence-electron chi connectivity index (χ2n) is 5.22. The van der Waals surface area contributed by atoms with E-state index in [-0.39, 0.29) is 5.91 Å². The highest BCUT2D eigenvalue weighted by Crippen LogP contribution is 2.26. The highest BCUT2D eigenvalue weighted by atomic mass is 16.5. The molecule has 0 unspecified atom stereocenters. The molecule has 0 radical (unpaired) electrons. The Balaban J connectivity index is 1.94. The van der Waals surface area contributed by atoms with Gasteiger partial charge in [-0.3, -0.25) is 4.79 Å². The molecule has 2 N–H and O–H groups in total. The Morgan fingerprint density at radius 3 is 2.63 bits per heavy atom. The average molecular weight is 262 g/mol. The van der Waals surface area contributed by atoms with Crippen LogP contribution in [0.15, 0.2) is 18.2 Å². The van der Waals surface area contributed by atoms with E-state index in [1.54, 1.807) is 14.0 Å². The number of carbonyl (C=O) groups is 1. The van der Waals surface area contributed by atoms with Crippen molar-refractivity contribution in [2.24, 2.45) is 5.92 Å². The van der Waals surface area contributed by atoms with Gasteiger partial charge in [-0.15, -0.1) is 0 Å². The van der Waals surface area contributed by atoms with Crippen LogP contribution < -0.4 is 10.5 Å². The van der Waals surface area contributed by atoms with Crippen LogP contribution in [0.3, 0.4) is 0 Å². The topological polar surface area (TPSA) is 55.6 Å². The standard InChI is InChI=1S/C15H22N2O2/c1-11(18)17-7-5-12(6-8-17)9-13-3-4-14(19-2)10-15(13)16/h3-4,10,12H,5-9,16H2,1-2H3. The van der Waals surface area contributed by atoms with Crippen molar-refractivity contribution in [2.45, 2.75) is 26.2 Å². The minimum Gasteiger partial charge on any atom is -0.497 e. The van der Waals surface area contributed by atoms with Crippen molar-refractivity contribution in [3.63, 3.8) is 0 Å². The van der Waals surface area contributed by atoms with E-state index < -0.39 is 0 Å². The number of rotatable bonds is 3. The fourth-order valence-corrected chi connectivity index (χ4v) is 2.65. The molecule has 4 heteroatoms. The van der Waals surface area contributed by atoms with Gasteiger partial charge in [0.25, 0.3) is 0 Å². The highest BCUT2D eigenvalue weighted by Gasteiger charge is 2.21. The SMILES string of the molecule is COc1ccc(CC2CCN(C(C)=O)CC2)c(N)c1. The fourth-order valence-electron chi connectivity index (χ4n) is 2.65. The lowest BCUT2D eigenvalue weighted by Gasteiger charge is -2.31. The molecule has 1 aliphatic rings. The molecule has 0 aromatic heterocycles. The zero-order valence-electron chi connectivity index (χ0n) is 11.7. The van der Waals surface area contributed by atoms with E-state index in [0.29, 0.717) is 5.92 Å². The van der Waals surface area contributed by atoms with Crippen molar-refractivity contribution in [2.75, 3.05) is 25.9 Å². The maximum absolute atomic E-state index is 11.3. The summed E-state index contributed by atoms with van der Waals surface area (Å²) in [7, 11) is 1.64. The third-order valence-corrected chi connectivity index (χ3v) is 3.92. The quantitative estimate of drug-likeness (QED) is 0.848. The first-order chi connectivity index (χ1) is 9.10. The van der Waals surface area contributed by atoms with Crippen molar-refractivity contribution >= 4 is 11.6 Å². The Bertz CT molecular complexity index is 451. The lowest BCUT2D eigenvalue weighted by atomic mass is 9.89. The van der Waals surface area contributed by atoms with Crippen molar-refractivity contribution < 1.29 is 9.53 Å². The number of nitrogens with two attached hydrogens (primary N) is 1. The molecule has 1 heterocycles. The molecule has 0 aliphatic carbocycles. The highest BCUT2D eigenvalue weighted by molar-refractivity contribution is 5.73. The van der Waals surface area contributed by atoms with Crippen LogP contribution in [0.5, 0.6) is 5.75 Å². The molecule has 1 aliphatic heterocycles. The Kier molecular flexibility index (Phi) is 4.30. The first-order valence-corrected chi connectivity index (χ1v) is 6.78. The predicted molar refractivity (Wildman–Crippen MR) is 76.1 cm³/mol. The predicted octanol–water partition coefficient (Wildman–Crippen LogP) is 2.08. The molecular weight excluding hydrogens is 240 g/mol. The Morgan fingerprint density at radius 1 is 1.42 bits per heavy atom. The maximum Gasteiger partial charge on any atom is 0.219 e. The van der Waals surface area contributed by atoms with Crippen LogP contribution in [0.2, 0.25) is 0 Å².